The van der Waals surface area contributed by atoms with Gasteiger partial charge in [-0.05, 0) is 68.4 Å². The molecule has 0 spiro atoms. The monoisotopic (exact) mass is 270 g/mol. The van der Waals surface area contributed by atoms with Gasteiger partial charge in [0, 0.05) is 0 Å². The van der Waals surface area contributed by atoms with Crippen LogP contribution in [-0.4, -0.2) is 10.7 Å². The lowest BCUT2D eigenvalue weighted by atomic mass is 9.72. The summed E-state index contributed by atoms with van der Waals surface area (Å²) in [5.74, 6) is 0.642. The van der Waals surface area contributed by atoms with Crippen LogP contribution in [0.5, 0.6) is 0 Å². The first-order valence-electron chi connectivity index (χ1n) is 8.25. The predicted molar refractivity (Wildman–Crippen MR) is 83.8 cm³/mol. The summed E-state index contributed by atoms with van der Waals surface area (Å²) in [7, 11) is 0. The third kappa shape index (κ3) is 2.98. The van der Waals surface area contributed by atoms with E-state index in [9.17, 15) is 5.11 Å². The first kappa shape index (κ1) is 13.9. The van der Waals surface area contributed by atoms with Crippen LogP contribution in [0.25, 0.3) is 0 Å². The van der Waals surface area contributed by atoms with E-state index in [-0.39, 0.29) is 0 Å². The van der Waals surface area contributed by atoms with Gasteiger partial charge in [-0.1, -0.05) is 42.8 Å². The van der Waals surface area contributed by atoms with Gasteiger partial charge in [-0.15, -0.1) is 0 Å². The minimum Gasteiger partial charge on any atom is -0.386 e. The van der Waals surface area contributed by atoms with Gasteiger partial charge in [0.1, 0.15) is 0 Å². The average molecular weight is 270 g/mol. The molecule has 1 saturated carbocycles. The molecule has 0 aromatic heterocycles. The van der Waals surface area contributed by atoms with Gasteiger partial charge >= 0.3 is 0 Å². The summed E-state index contributed by atoms with van der Waals surface area (Å²) in [5.41, 5.74) is 2.31. The van der Waals surface area contributed by atoms with E-state index in [1.165, 1.54) is 36.8 Å². The molecule has 1 aromatic carbocycles. The van der Waals surface area contributed by atoms with Crippen molar-refractivity contribution >= 4 is 0 Å². The van der Waals surface area contributed by atoms with E-state index in [0.717, 1.165) is 32.1 Å². The van der Waals surface area contributed by atoms with E-state index in [0.29, 0.717) is 5.92 Å². The van der Waals surface area contributed by atoms with Gasteiger partial charge in [0.15, 0.2) is 0 Å². The first-order valence-corrected chi connectivity index (χ1v) is 8.25. The molecular formula is C19H26O. The Labute approximate surface area is 122 Å². The summed E-state index contributed by atoms with van der Waals surface area (Å²) >= 11 is 0. The standard InChI is InChI=1S/C19H26O/c20-19(18-10-6-1-2-7-11-18)14-12-17(13-15-19)16-8-4-3-5-9-16/h3-5,8-10,17,20H,1-2,6-7,11-15H2. The Kier molecular flexibility index (Phi) is 4.26. The van der Waals surface area contributed by atoms with E-state index < -0.39 is 5.60 Å². The van der Waals surface area contributed by atoms with Crippen LogP contribution in [0.15, 0.2) is 42.0 Å². The predicted octanol–water partition coefficient (Wildman–Crippen LogP) is 4.97. The van der Waals surface area contributed by atoms with Crippen LogP contribution in [-0.2, 0) is 0 Å². The molecule has 1 heteroatoms. The molecule has 0 radical (unpaired) electrons. The second-order valence-electron chi connectivity index (χ2n) is 6.55. The number of benzene rings is 1. The van der Waals surface area contributed by atoms with Gasteiger partial charge < -0.3 is 5.11 Å². The van der Waals surface area contributed by atoms with Gasteiger partial charge in [0.25, 0.3) is 0 Å². The van der Waals surface area contributed by atoms with Gasteiger partial charge in [-0.3, -0.25) is 0 Å². The quantitative estimate of drug-likeness (QED) is 0.753. The molecule has 2 aliphatic carbocycles. The largest absolute Gasteiger partial charge is 0.386 e. The Morgan fingerprint density at radius 1 is 0.950 bits per heavy atom. The number of allylic oxidation sites excluding steroid dienone is 1. The van der Waals surface area contributed by atoms with Crippen LogP contribution in [0.3, 0.4) is 0 Å². The summed E-state index contributed by atoms with van der Waals surface area (Å²) in [6.45, 7) is 0. The molecule has 0 amide bonds. The fraction of sp³-hybridized carbons (Fsp3) is 0.579. The van der Waals surface area contributed by atoms with Crippen molar-refractivity contribution in [2.24, 2.45) is 0 Å². The fourth-order valence-electron chi connectivity index (χ4n) is 3.91. The van der Waals surface area contributed by atoms with Crippen molar-refractivity contribution in [3.05, 3.63) is 47.5 Å². The highest BCUT2D eigenvalue weighted by Gasteiger charge is 2.36. The molecule has 1 nitrogen and oxygen atoms in total. The molecule has 3 rings (SSSR count). The van der Waals surface area contributed by atoms with E-state index in [4.69, 9.17) is 0 Å². The zero-order chi connectivity index (χ0) is 13.8. The Morgan fingerprint density at radius 3 is 2.45 bits per heavy atom. The van der Waals surface area contributed by atoms with Crippen LogP contribution >= 0.6 is 0 Å². The van der Waals surface area contributed by atoms with Crippen LogP contribution < -0.4 is 0 Å². The molecule has 2 aliphatic rings. The maximum absolute atomic E-state index is 11.0. The highest BCUT2D eigenvalue weighted by Crippen LogP contribution is 2.43. The summed E-state index contributed by atoms with van der Waals surface area (Å²) in [6.07, 6.45) is 12.6. The molecule has 0 saturated heterocycles. The number of aliphatic hydroxyl groups is 1. The van der Waals surface area contributed by atoms with Crippen molar-refractivity contribution in [1.82, 2.24) is 0 Å². The smallest absolute Gasteiger partial charge is 0.0857 e. The summed E-state index contributed by atoms with van der Waals surface area (Å²) in [5, 5.41) is 11.0. The minimum absolute atomic E-state index is 0.490. The van der Waals surface area contributed by atoms with Gasteiger partial charge in [0.2, 0.25) is 0 Å². The second-order valence-corrected chi connectivity index (χ2v) is 6.55. The van der Waals surface area contributed by atoms with Crippen molar-refractivity contribution in [2.75, 3.05) is 0 Å². The summed E-state index contributed by atoms with van der Waals surface area (Å²) < 4.78 is 0. The van der Waals surface area contributed by atoms with Crippen LogP contribution in [0, 0.1) is 0 Å². The third-order valence-electron chi connectivity index (χ3n) is 5.22. The molecule has 1 N–H and O–H groups in total. The van der Waals surface area contributed by atoms with Gasteiger partial charge in [-0.2, -0.15) is 0 Å². The molecule has 108 valence electrons. The third-order valence-corrected chi connectivity index (χ3v) is 5.22. The molecular weight excluding hydrogens is 244 g/mol. The lowest BCUT2D eigenvalue weighted by molar-refractivity contribution is 0.0306. The number of rotatable bonds is 2. The molecule has 0 aliphatic heterocycles. The van der Waals surface area contributed by atoms with Crippen molar-refractivity contribution < 1.29 is 5.11 Å². The second kappa shape index (κ2) is 6.13. The van der Waals surface area contributed by atoms with Crippen molar-refractivity contribution in [2.45, 2.75) is 69.3 Å². The normalized spacial score (nSPS) is 31.4. The molecule has 1 aromatic rings. The van der Waals surface area contributed by atoms with Crippen LogP contribution in [0.1, 0.15) is 69.3 Å². The lowest BCUT2D eigenvalue weighted by Gasteiger charge is -2.38. The number of hydrogen-bond acceptors (Lipinski definition) is 1. The topological polar surface area (TPSA) is 20.2 Å². The fourth-order valence-corrected chi connectivity index (χ4v) is 3.91. The van der Waals surface area contributed by atoms with E-state index in [2.05, 4.69) is 36.4 Å². The Bertz CT molecular complexity index is 452. The van der Waals surface area contributed by atoms with E-state index in [1.54, 1.807) is 0 Å². The average Bonchev–Trinajstić information content (AvgIpc) is 2.79. The number of hydrogen-bond donors (Lipinski definition) is 1. The molecule has 0 atom stereocenters. The van der Waals surface area contributed by atoms with E-state index in [1.807, 2.05) is 0 Å². The van der Waals surface area contributed by atoms with Gasteiger partial charge in [0.05, 0.1) is 5.60 Å². The Balaban J connectivity index is 1.66. The maximum Gasteiger partial charge on any atom is 0.0857 e. The highest BCUT2D eigenvalue weighted by molar-refractivity contribution is 5.24. The highest BCUT2D eigenvalue weighted by atomic mass is 16.3. The zero-order valence-electron chi connectivity index (χ0n) is 12.4. The molecule has 1 fully saturated rings. The zero-order valence-corrected chi connectivity index (χ0v) is 12.4. The van der Waals surface area contributed by atoms with E-state index >= 15 is 0 Å². The van der Waals surface area contributed by atoms with Crippen molar-refractivity contribution in [3.8, 4) is 0 Å². The minimum atomic E-state index is -0.490. The van der Waals surface area contributed by atoms with Crippen molar-refractivity contribution in [3.63, 3.8) is 0 Å². The van der Waals surface area contributed by atoms with Gasteiger partial charge in [-0.25, -0.2) is 0 Å². The molecule has 0 unspecified atom stereocenters. The van der Waals surface area contributed by atoms with Crippen molar-refractivity contribution in [1.29, 1.82) is 0 Å². The molecule has 20 heavy (non-hydrogen) atoms. The molecule has 0 bridgehead atoms. The summed E-state index contributed by atoms with van der Waals surface area (Å²) in [4.78, 5) is 0. The Morgan fingerprint density at radius 2 is 1.70 bits per heavy atom. The molecule has 0 heterocycles. The SMILES string of the molecule is OC1(C2=CCCCCC2)CCC(c2ccccc2)CC1. The Hall–Kier alpha value is -1.08. The first-order chi connectivity index (χ1) is 9.78. The maximum atomic E-state index is 11.0. The summed E-state index contributed by atoms with van der Waals surface area (Å²) in [6, 6.07) is 10.8. The van der Waals surface area contributed by atoms with Crippen LogP contribution in [0.4, 0.5) is 0 Å². The lowest BCUT2D eigenvalue weighted by Crippen LogP contribution is -2.35. The van der Waals surface area contributed by atoms with Crippen LogP contribution in [0.2, 0.25) is 0 Å².